The number of hydrogen-bond acceptors (Lipinski definition) is 2. The van der Waals surface area contributed by atoms with Crippen LogP contribution in [0.4, 0.5) is 11.4 Å². The fourth-order valence-electron chi connectivity index (χ4n) is 6.98. The van der Waals surface area contributed by atoms with Gasteiger partial charge in [-0.3, -0.25) is 0 Å². The van der Waals surface area contributed by atoms with Crippen LogP contribution in [0.2, 0.25) is 0 Å². The Kier molecular flexibility index (Phi) is 5.22. The van der Waals surface area contributed by atoms with Crippen LogP contribution in [-0.2, 0) is 10.8 Å². The summed E-state index contributed by atoms with van der Waals surface area (Å²) in [7, 11) is 0. The second kappa shape index (κ2) is 8.52. The Labute approximate surface area is 223 Å². The van der Waals surface area contributed by atoms with E-state index in [9.17, 15) is 1.37 Å². The van der Waals surface area contributed by atoms with Gasteiger partial charge in [0, 0.05) is 41.0 Å². The predicted octanol–water partition coefficient (Wildman–Crippen LogP) is 8.74. The summed E-state index contributed by atoms with van der Waals surface area (Å²) in [6.45, 7) is 15.2. The highest BCUT2D eigenvalue weighted by Gasteiger charge is 2.44. The molecule has 0 fully saturated rings. The minimum Gasteiger partial charge on any atom is -0.364 e. The molecule has 0 saturated heterocycles. The molecule has 4 aromatic carbocycles. The topological polar surface area (TPSA) is 6.48 Å². The van der Waals surface area contributed by atoms with Gasteiger partial charge in [-0.15, -0.1) is 0 Å². The fourth-order valence-corrected chi connectivity index (χ4v) is 6.98. The zero-order chi connectivity index (χ0) is 26.9. The molecule has 1 atom stereocenters. The highest BCUT2D eigenvalue weighted by Crippen LogP contribution is 2.51. The van der Waals surface area contributed by atoms with E-state index in [1.807, 2.05) is 0 Å². The zero-order valence-electron chi connectivity index (χ0n) is 24.0. The van der Waals surface area contributed by atoms with E-state index in [1.165, 1.54) is 49.7 Å². The van der Waals surface area contributed by atoms with Crippen molar-refractivity contribution in [2.75, 3.05) is 22.9 Å². The number of rotatable bonds is 4. The molecule has 2 heterocycles. The molecule has 0 bridgehead atoms. The van der Waals surface area contributed by atoms with Crippen LogP contribution in [0.1, 0.15) is 54.0 Å². The molecule has 2 aliphatic heterocycles. The first-order valence-corrected chi connectivity index (χ1v) is 13.7. The van der Waals surface area contributed by atoms with Gasteiger partial charge in [-0.2, -0.15) is 0 Å². The predicted molar refractivity (Wildman–Crippen MR) is 161 cm³/mol. The lowest BCUT2D eigenvalue weighted by Gasteiger charge is -2.32. The Bertz CT molecular complexity index is 1630. The van der Waals surface area contributed by atoms with Crippen molar-refractivity contribution in [3.8, 4) is 0 Å². The van der Waals surface area contributed by atoms with Gasteiger partial charge >= 0.3 is 0 Å². The van der Waals surface area contributed by atoms with E-state index in [-0.39, 0.29) is 10.8 Å². The van der Waals surface area contributed by atoms with Crippen LogP contribution in [0, 0.1) is 0 Å². The number of anilines is 2. The van der Waals surface area contributed by atoms with E-state index in [4.69, 9.17) is 0 Å². The number of nitrogens with zero attached hydrogens (tertiary/aromatic N) is 2. The molecule has 0 radical (unpaired) electrons. The van der Waals surface area contributed by atoms with Gasteiger partial charge < -0.3 is 9.80 Å². The van der Waals surface area contributed by atoms with E-state index in [1.54, 1.807) is 0 Å². The third-order valence-corrected chi connectivity index (χ3v) is 8.65. The number of allylic oxidation sites excluding steroid dienone is 3. The summed E-state index contributed by atoms with van der Waals surface area (Å²) < 4.78 is 9.90. The van der Waals surface area contributed by atoms with E-state index in [0.29, 0.717) is 0 Å². The molecule has 1 unspecified atom stereocenters. The Hall–Kier alpha value is -3.52. The number of fused-ring (bicyclic) bond motifs is 6. The fraction of sp³-hybridized carbons (Fsp3) is 0.314. The summed E-state index contributed by atoms with van der Waals surface area (Å²) in [5.41, 5.74) is 5.91. The maximum absolute atomic E-state index is 9.90. The normalized spacial score (nSPS) is 23.3. The summed E-state index contributed by atoms with van der Waals surface area (Å²) >= 11 is 0. The van der Waals surface area contributed by atoms with Crippen LogP contribution in [0.5, 0.6) is 0 Å². The summed E-state index contributed by atoms with van der Waals surface area (Å²) in [5.74, 6) is 0. The summed E-state index contributed by atoms with van der Waals surface area (Å²) in [5, 5.41) is 5.11. The number of benzene rings is 4. The monoisotopic (exact) mass is 487 g/mol. The van der Waals surface area contributed by atoms with E-state index >= 15 is 0 Å². The molecule has 0 spiro atoms. The molecular weight excluding hydrogens is 448 g/mol. The summed E-state index contributed by atoms with van der Waals surface area (Å²) in [4.78, 5) is 4.71. The van der Waals surface area contributed by atoms with Gasteiger partial charge in [0.2, 0.25) is 0 Å². The van der Waals surface area contributed by atoms with Crippen LogP contribution in [-0.4, -0.2) is 19.1 Å². The molecule has 2 heteroatoms. The summed E-state index contributed by atoms with van der Waals surface area (Å²) in [6, 6.07) is 25.3. The second-order valence-corrected chi connectivity index (χ2v) is 11.4. The van der Waals surface area contributed by atoms with Gasteiger partial charge in [-0.25, -0.2) is 0 Å². The largest absolute Gasteiger partial charge is 0.364 e. The van der Waals surface area contributed by atoms with Crippen LogP contribution in [0.3, 0.4) is 0 Å². The molecule has 0 N–H and O–H groups in total. The lowest BCUT2D eigenvalue weighted by Crippen LogP contribution is -2.39. The van der Waals surface area contributed by atoms with Crippen molar-refractivity contribution in [1.29, 1.82) is 0 Å². The third kappa shape index (κ3) is 3.38. The van der Waals surface area contributed by atoms with Crippen LogP contribution < -0.4 is 9.80 Å². The minimum absolute atomic E-state index is 0.138. The molecule has 0 aliphatic carbocycles. The van der Waals surface area contributed by atoms with Gasteiger partial charge in [-0.05, 0) is 64.7 Å². The molecular formula is C35H38N2. The SMILES string of the molecule is [2H]C1(/C=C/C=C2/N(CC)c3ccc4ccccc4c3C2(C)C)N(CC)c2ccc3ccccc3c2C1(C)C. The van der Waals surface area contributed by atoms with E-state index < -0.39 is 6.02 Å². The van der Waals surface area contributed by atoms with E-state index in [0.717, 1.165) is 13.1 Å². The van der Waals surface area contributed by atoms with Gasteiger partial charge in [0.1, 0.15) is 0 Å². The first-order chi connectivity index (χ1) is 18.2. The molecule has 0 amide bonds. The molecule has 2 aliphatic rings. The van der Waals surface area contributed by atoms with Crippen molar-refractivity contribution in [2.45, 2.75) is 58.4 Å². The first kappa shape index (κ1) is 22.7. The van der Waals surface area contributed by atoms with Crippen LogP contribution >= 0.6 is 0 Å². The van der Waals surface area contributed by atoms with Crippen molar-refractivity contribution in [3.63, 3.8) is 0 Å². The van der Waals surface area contributed by atoms with Crippen LogP contribution in [0.25, 0.3) is 21.5 Å². The lowest BCUT2D eigenvalue weighted by molar-refractivity contribution is 0.481. The van der Waals surface area contributed by atoms with Crippen LogP contribution in [0.15, 0.2) is 96.7 Å². The lowest BCUT2D eigenvalue weighted by atomic mass is 9.78. The molecule has 6 rings (SSSR count). The highest BCUT2D eigenvalue weighted by atomic mass is 15.2. The van der Waals surface area contributed by atoms with Gasteiger partial charge in [0.15, 0.2) is 0 Å². The summed E-state index contributed by atoms with van der Waals surface area (Å²) in [6.07, 6.45) is 6.54. The van der Waals surface area contributed by atoms with Crippen molar-refractivity contribution >= 4 is 32.9 Å². The number of hydrogen-bond donors (Lipinski definition) is 0. The van der Waals surface area contributed by atoms with Crippen molar-refractivity contribution < 1.29 is 1.37 Å². The van der Waals surface area contributed by atoms with Crippen molar-refractivity contribution in [3.05, 3.63) is 108 Å². The maximum Gasteiger partial charge on any atom is 0.0584 e. The quantitative estimate of drug-likeness (QED) is 0.284. The van der Waals surface area contributed by atoms with Crippen molar-refractivity contribution in [1.82, 2.24) is 0 Å². The molecule has 0 aromatic heterocycles. The molecule has 37 heavy (non-hydrogen) atoms. The van der Waals surface area contributed by atoms with Gasteiger partial charge in [0.05, 0.1) is 7.39 Å². The highest BCUT2D eigenvalue weighted by molar-refractivity contribution is 5.95. The molecule has 188 valence electrons. The minimum atomic E-state index is -0.898. The van der Waals surface area contributed by atoms with E-state index in [2.05, 4.69) is 142 Å². The molecule has 0 saturated carbocycles. The number of likely N-dealkylation sites (N-methyl/N-ethyl adjacent to an activating group) is 2. The maximum atomic E-state index is 9.90. The molecule has 2 nitrogen and oxygen atoms in total. The third-order valence-electron chi connectivity index (χ3n) is 8.65. The van der Waals surface area contributed by atoms with Gasteiger partial charge in [-0.1, -0.05) is 101 Å². The van der Waals surface area contributed by atoms with Gasteiger partial charge in [0.25, 0.3) is 0 Å². The molecule has 4 aromatic rings. The Balaban J connectivity index is 1.45. The standard InChI is InChI=1S/C35H38N2/c1-7-36-28-22-20-24-14-9-11-16-26(24)32(28)34(3,4)30(36)18-13-19-31-35(5,6)33-27-17-12-10-15-25(27)21-23-29(33)37(31)8-2/h9-23,30H,7-8H2,1-6H3/b18-13+,31-19+/i30D. The zero-order valence-corrected chi connectivity index (χ0v) is 23.0. The Morgan fingerprint density at radius 3 is 1.97 bits per heavy atom. The van der Waals surface area contributed by atoms with Crippen molar-refractivity contribution in [2.24, 2.45) is 0 Å². The Morgan fingerprint density at radius 1 is 0.757 bits per heavy atom. The first-order valence-electron chi connectivity index (χ1n) is 14.2. The Morgan fingerprint density at radius 2 is 1.35 bits per heavy atom. The average Bonchev–Trinajstić information content (AvgIpc) is 3.24. The average molecular weight is 488 g/mol. The second-order valence-electron chi connectivity index (χ2n) is 11.4. The smallest absolute Gasteiger partial charge is 0.0584 e.